The van der Waals surface area contributed by atoms with Crippen molar-refractivity contribution in [3.8, 4) is 11.5 Å². The summed E-state index contributed by atoms with van der Waals surface area (Å²) in [5.41, 5.74) is 8.00. The second-order valence-electron chi connectivity index (χ2n) is 7.86. The molecule has 1 atom stereocenters. The van der Waals surface area contributed by atoms with Crippen LogP contribution in [0.3, 0.4) is 0 Å². The van der Waals surface area contributed by atoms with Gasteiger partial charge in [0.15, 0.2) is 0 Å². The van der Waals surface area contributed by atoms with E-state index in [-0.39, 0.29) is 18.2 Å². The maximum absolute atomic E-state index is 12.8. The molecule has 1 aliphatic heterocycles. The van der Waals surface area contributed by atoms with Crippen molar-refractivity contribution in [2.24, 2.45) is 5.92 Å². The molecule has 0 bridgehead atoms. The number of para-hydroxylation sites is 2. The molecule has 3 aromatic rings. The molecule has 0 spiro atoms. The molecule has 3 aromatic carbocycles. The number of benzene rings is 3. The monoisotopic (exact) mass is 479 g/mol. The molecule has 0 aliphatic carbocycles. The molecule has 0 radical (unpaired) electrons. The van der Waals surface area contributed by atoms with Crippen LogP contribution in [0.4, 0.5) is 11.4 Å². The van der Waals surface area contributed by atoms with Crippen LogP contribution in [0.1, 0.15) is 18.9 Å². The van der Waals surface area contributed by atoms with Crippen molar-refractivity contribution < 1.29 is 19.1 Å². The second kappa shape index (κ2) is 10.9. The van der Waals surface area contributed by atoms with Gasteiger partial charge in [0.25, 0.3) is 0 Å². The lowest BCUT2D eigenvalue weighted by Crippen LogP contribution is -2.36. The van der Waals surface area contributed by atoms with Gasteiger partial charge in [0.2, 0.25) is 11.8 Å². The molecule has 1 heterocycles. The Bertz CT molecular complexity index is 1140. The number of hydrazine groups is 1. The Hall–Kier alpha value is -3.71. The number of carbonyl (C=O) groups is 2. The highest BCUT2D eigenvalue weighted by Gasteiger charge is 2.35. The Morgan fingerprint density at radius 1 is 1.03 bits per heavy atom. The zero-order valence-corrected chi connectivity index (χ0v) is 19.5. The van der Waals surface area contributed by atoms with Gasteiger partial charge in [0.1, 0.15) is 18.1 Å². The minimum Gasteiger partial charge on any atom is -0.494 e. The third-order valence-electron chi connectivity index (χ3n) is 5.47. The van der Waals surface area contributed by atoms with E-state index in [1.54, 1.807) is 4.90 Å². The van der Waals surface area contributed by atoms with Gasteiger partial charge in [0.05, 0.1) is 18.2 Å². The van der Waals surface area contributed by atoms with Crippen LogP contribution in [0.5, 0.6) is 11.5 Å². The van der Waals surface area contributed by atoms with Gasteiger partial charge in [-0.2, -0.15) is 0 Å². The zero-order valence-electron chi connectivity index (χ0n) is 18.8. The first kappa shape index (κ1) is 23.4. The normalized spacial score (nSPS) is 15.2. The number of ether oxygens (including phenoxy) is 2. The number of halogens is 1. The van der Waals surface area contributed by atoms with Gasteiger partial charge in [-0.1, -0.05) is 35.9 Å². The lowest BCUT2D eigenvalue weighted by molar-refractivity contribution is -0.125. The average molecular weight is 480 g/mol. The SMILES string of the molecule is CCOc1ccc(N2C[C@@H](C(=O)NNc3ccccc3OCc3ccc(Cl)cc3)CC2=O)cc1. The molecule has 0 aromatic heterocycles. The molecular weight excluding hydrogens is 454 g/mol. The number of rotatable bonds is 9. The minimum atomic E-state index is -0.464. The van der Waals surface area contributed by atoms with Crippen molar-refractivity contribution in [2.75, 3.05) is 23.5 Å². The Balaban J connectivity index is 1.33. The highest BCUT2D eigenvalue weighted by molar-refractivity contribution is 6.30. The van der Waals surface area contributed by atoms with Crippen LogP contribution in [0.2, 0.25) is 5.02 Å². The molecular formula is C26H26ClN3O4. The van der Waals surface area contributed by atoms with E-state index < -0.39 is 5.92 Å². The van der Waals surface area contributed by atoms with Crippen LogP contribution in [0, 0.1) is 5.92 Å². The number of amides is 2. The predicted octanol–water partition coefficient (Wildman–Crippen LogP) is 4.81. The van der Waals surface area contributed by atoms with Crippen LogP contribution in [0.25, 0.3) is 0 Å². The molecule has 4 rings (SSSR count). The van der Waals surface area contributed by atoms with Gasteiger partial charge in [-0.3, -0.25) is 20.4 Å². The van der Waals surface area contributed by atoms with Gasteiger partial charge in [-0.05, 0) is 61.0 Å². The van der Waals surface area contributed by atoms with Crippen LogP contribution < -0.4 is 25.2 Å². The first-order chi connectivity index (χ1) is 16.5. The zero-order chi connectivity index (χ0) is 23.9. The molecule has 8 heteroatoms. The number of hydrogen-bond acceptors (Lipinski definition) is 5. The van der Waals surface area contributed by atoms with Crippen LogP contribution in [-0.4, -0.2) is 25.0 Å². The predicted molar refractivity (Wildman–Crippen MR) is 132 cm³/mol. The quantitative estimate of drug-likeness (QED) is 0.430. The van der Waals surface area contributed by atoms with E-state index in [0.717, 1.165) is 17.0 Å². The second-order valence-corrected chi connectivity index (χ2v) is 8.29. The Kier molecular flexibility index (Phi) is 7.54. The van der Waals surface area contributed by atoms with Crippen molar-refractivity contribution in [3.63, 3.8) is 0 Å². The largest absolute Gasteiger partial charge is 0.494 e. The lowest BCUT2D eigenvalue weighted by atomic mass is 10.1. The lowest BCUT2D eigenvalue weighted by Gasteiger charge is -2.18. The molecule has 176 valence electrons. The topological polar surface area (TPSA) is 79.9 Å². The van der Waals surface area contributed by atoms with Crippen molar-refractivity contribution >= 4 is 34.8 Å². The average Bonchev–Trinajstić information content (AvgIpc) is 3.25. The standard InChI is InChI=1S/C26H26ClN3O4/c1-2-33-22-13-11-21(12-14-22)30-16-19(15-25(30)31)26(32)29-28-23-5-3-4-6-24(23)34-17-18-7-9-20(27)10-8-18/h3-14,19,28H,2,15-17H2,1H3,(H,29,32)/t19-/m0/s1. The van der Waals surface area contributed by atoms with Crippen molar-refractivity contribution in [1.29, 1.82) is 0 Å². The minimum absolute atomic E-state index is 0.0870. The molecule has 1 aliphatic rings. The van der Waals surface area contributed by atoms with E-state index in [4.69, 9.17) is 21.1 Å². The highest BCUT2D eigenvalue weighted by Crippen LogP contribution is 2.28. The number of anilines is 2. The molecule has 2 amide bonds. The van der Waals surface area contributed by atoms with Gasteiger partial charge in [0, 0.05) is 23.7 Å². The fourth-order valence-electron chi connectivity index (χ4n) is 3.69. The van der Waals surface area contributed by atoms with Crippen LogP contribution in [-0.2, 0) is 16.2 Å². The van der Waals surface area contributed by atoms with Crippen molar-refractivity contribution in [3.05, 3.63) is 83.4 Å². The van der Waals surface area contributed by atoms with E-state index in [2.05, 4.69) is 10.9 Å². The van der Waals surface area contributed by atoms with Crippen LogP contribution >= 0.6 is 11.6 Å². The third kappa shape index (κ3) is 5.80. The summed E-state index contributed by atoms with van der Waals surface area (Å²) >= 11 is 5.93. The van der Waals surface area contributed by atoms with Crippen molar-refractivity contribution in [2.45, 2.75) is 20.0 Å². The summed E-state index contributed by atoms with van der Waals surface area (Å²) in [6.45, 7) is 3.17. The summed E-state index contributed by atoms with van der Waals surface area (Å²) in [6, 6.07) is 22.0. The number of nitrogens with one attached hydrogen (secondary N) is 2. The highest BCUT2D eigenvalue weighted by atomic mass is 35.5. The maximum Gasteiger partial charge on any atom is 0.243 e. The molecule has 1 saturated heterocycles. The van der Waals surface area contributed by atoms with E-state index in [1.807, 2.05) is 79.7 Å². The van der Waals surface area contributed by atoms with E-state index in [9.17, 15) is 9.59 Å². The molecule has 2 N–H and O–H groups in total. The smallest absolute Gasteiger partial charge is 0.243 e. The first-order valence-corrected chi connectivity index (χ1v) is 11.5. The van der Waals surface area contributed by atoms with Gasteiger partial charge >= 0.3 is 0 Å². The molecule has 7 nitrogen and oxygen atoms in total. The molecule has 1 fully saturated rings. The first-order valence-electron chi connectivity index (χ1n) is 11.1. The molecule has 0 unspecified atom stereocenters. The van der Waals surface area contributed by atoms with E-state index in [0.29, 0.717) is 36.2 Å². The molecule has 34 heavy (non-hydrogen) atoms. The van der Waals surface area contributed by atoms with Crippen molar-refractivity contribution in [1.82, 2.24) is 5.43 Å². The Labute approximate surface area is 203 Å². The molecule has 0 saturated carbocycles. The summed E-state index contributed by atoms with van der Waals surface area (Å²) < 4.78 is 11.4. The van der Waals surface area contributed by atoms with Gasteiger partial charge in [-0.25, -0.2) is 0 Å². The summed E-state index contributed by atoms with van der Waals surface area (Å²) in [5, 5.41) is 0.667. The number of nitrogens with zero attached hydrogens (tertiary/aromatic N) is 1. The fourth-order valence-corrected chi connectivity index (χ4v) is 3.82. The van der Waals surface area contributed by atoms with E-state index in [1.165, 1.54) is 0 Å². The summed E-state index contributed by atoms with van der Waals surface area (Å²) in [5.74, 6) is 0.531. The Morgan fingerprint density at radius 3 is 2.50 bits per heavy atom. The van der Waals surface area contributed by atoms with Crippen LogP contribution in [0.15, 0.2) is 72.8 Å². The summed E-state index contributed by atoms with van der Waals surface area (Å²) in [6.07, 6.45) is 0.148. The Morgan fingerprint density at radius 2 is 1.76 bits per heavy atom. The number of hydrogen-bond donors (Lipinski definition) is 2. The summed E-state index contributed by atoms with van der Waals surface area (Å²) in [4.78, 5) is 26.9. The number of carbonyl (C=O) groups excluding carboxylic acids is 2. The van der Waals surface area contributed by atoms with E-state index >= 15 is 0 Å². The fraction of sp³-hybridized carbons (Fsp3) is 0.231. The van der Waals surface area contributed by atoms with Gasteiger partial charge in [-0.15, -0.1) is 0 Å². The van der Waals surface area contributed by atoms with Gasteiger partial charge < -0.3 is 14.4 Å². The summed E-state index contributed by atoms with van der Waals surface area (Å²) in [7, 11) is 0. The maximum atomic E-state index is 12.8. The third-order valence-corrected chi connectivity index (χ3v) is 5.72.